The molecule has 0 fully saturated rings. The molecule has 0 unspecified atom stereocenters. The molecule has 17 heavy (non-hydrogen) atoms. The van der Waals surface area contributed by atoms with Gasteiger partial charge in [0.25, 0.3) is 0 Å². The van der Waals surface area contributed by atoms with E-state index in [1.807, 2.05) is 23.1 Å². The van der Waals surface area contributed by atoms with Crippen LogP contribution in [0, 0.1) is 0 Å². The molecule has 5 heteroatoms. The van der Waals surface area contributed by atoms with Crippen molar-refractivity contribution in [1.29, 1.82) is 0 Å². The number of nitrogens with one attached hydrogen (secondary N) is 2. The van der Waals surface area contributed by atoms with Gasteiger partial charge in [-0.3, -0.25) is 4.98 Å². The van der Waals surface area contributed by atoms with Crippen LogP contribution < -0.4 is 10.6 Å². The summed E-state index contributed by atoms with van der Waals surface area (Å²) in [4.78, 5) is 4.12. The van der Waals surface area contributed by atoms with Crippen molar-refractivity contribution < 1.29 is 0 Å². The summed E-state index contributed by atoms with van der Waals surface area (Å²) in [7, 11) is 0. The number of fused-ring (bicyclic) bond motifs is 1. The molecule has 2 rings (SSSR count). The van der Waals surface area contributed by atoms with Gasteiger partial charge in [-0.05, 0) is 26.1 Å². The molecule has 2 aromatic heterocycles. The third-order valence-electron chi connectivity index (χ3n) is 2.68. The van der Waals surface area contributed by atoms with Crippen LogP contribution in [0.25, 0.3) is 5.52 Å². The van der Waals surface area contributed by atoms with E-state index in [2.05, 4.69) is 27.6 Å². The lowest BCUT2D eigenvalue weighted by Crippen LogP contribution is -2.21. The van der Waals surface area contributed by atoms with Crippen molar-refractivity contribution >= 4 is 5.52 Å². The van der Waals surface area contributed by atoms with Gasteiger partial charge in [0.15, 0.2) is 0 Å². The van der Waals surface area contributed by atoms with Gasteiger partial charge in [-0.15, -0.1) is 0 Å². The molecule has 2 heterocycles. The summed E-state index contributed by atoms with van der Waals surface area (Å²) in [5.74, 6) is 0. The number of aromatic nitrogens is 3. The van der Waals surface area contributed by atoms with E-state index in [1.165, 1.54) is 5.56 Å². The van der Waals surface area contributed by atoms with E-state index in [4.69, 9.17) is 0 Å². The number of rotatable bonds is 7. The Kier molecular flexibility index (Phi) is 4.46. The van der Waals surface area contributed by atoms with Crippen LogP contribution in [0.15, 0.2) is 24.8 Å². The summed E-state index contributed by atoms with van der Waals surface area (Å²) in [5, 5.41) is 11.0. The first-order chi connectivity index (χ1) is 8.42. The topological polar surface area (TPSA) is 54.2 Å². The van der Waals surface area contributed by atoms with E-state index in [9.17, 15) is 0 Å². The average Bonchev–Trinajstić information content (AvgIpc) is 2.77. The van der Waals surface area contributed by atoms with Crippen molar-refractivity contribution in [2.75, 3.05) is 19.6 Å². The first-order valence-corrected chi connectivity index (χ1v) is 6.09. The first kappa shape index (κ1) is 12.0. The maximum atomic E-state index is 4.27. The van der Waals surface area contributed by atoms with Gasteiger partial charge in [0.05, 0.1) is 17.9 Å². The number of hydrogen-bond donors (Lipinski definition) is 2. The van der Waals surface area contributed by atoms with Crippen molar-refractivity contribution in [3.8, 4) is 0 Å². The summed E-state index contributed by atoms with van der Waals surface area (Å²) in [5.41, 5.74) is 2.27. The van der Waals surface area contributed by atoms with E-state index >= 15 is 0 Å². The normalized spacial score (nSPS) is 11.1. The van der Waals surface area contributed by atoms with E-state index in [0.29, 0.717) is 0 Å². The monoisotopic (exact) mass is 233 g/mol. The van der Waals surface area contributed by atoms with E-state index in [0.717, 1.165) is 38.1 Å². The molecule has 0 aliphatic heterocycles. The van der Waals surface area contributed by atoms with Crippen LogP contribution in [-0.4, -0.2) is 34.2 Å². The average molecular weight is 233 g/mol. The molecule has 0 amide bonds. The molecule has 2 aromatic rings. The van der Waals surface area contributed by atoms with Crippen LogP contribution in [0.3, 0.4) is 0 Å². The predicted molar refractivity (Wildman–Crippen MR) is 67.9 cm³/mol. The summed E-state index contributed by atoms with van der Waals surface area (Å²) >= 11 is 0. The molecule has 0 aliphatic rings. The highest BCUT2D eigenvalue weighted by atomic mass is 15.2. The van der Waals surface area contributed by atoms with Crippen LogP contribution in [0.4, 0.5) is 0 Å². The molecule has 0 saturated heterocycles. The SMILES string of the molecule is CCNCCCNCc1cnn2ccncc12. The Morgan fingerprint density at radius 3 is 3.00 bits per heavy atom. The Labute approximate surface area is 101 Å². The summed E-state index contributed by atoms with van der Waals surface area (Å²) in [6, 6.07) is 0. The summed E-state index contributed by atoms with van der Waals surface area (Å²) in [6.07, 6.45) is 8.50. The second kappa shape index (κ2) is 6.32. The minimum Gasteiger partial charge on any atom is -0.317 e. The second-order valence-electron chi connectivity index (χ2n) is 3.96. The molecule has 0 aromatic carbocycles. The summed E-state index contributed by atoms with van der Waals surface area (Å²) in [6.45, 7) is 6.10. The predicted octanol–water partition coefficient (Wildman–Crippen LogP) is 0.818. The number of nitrogens with zero attached hydrogens (tertiary/aromatic N) is 3. The van der Waals surface area contributed by atoms with Gasteiger partial charge in [-0.25, -0.2) is 4.52 Å². The zero-order chi connectivity index (χ0) is 11.9. The van der Waals surface area contributed by atoms with Gasteiger partial charge in [-0.2, -0.15) is 5.10 Å². The van der Waals surface area contributed by atoms with Crippen molar-refractivity contribution in [3.05, 3.63) is 30.4 Å². The van der Waals surface area contributed by atoms with E-state index < -0.39 is 0 Å². The van der Waals surface area contributed by atoms with Crippen LogP contribution >= 0.6 is 0 Å². The lowest BCUT2D eigenvalue weighted by molar-refractivity contribution is 0.607. The molecule has 0 radical (unpaired) electrons. The lowest BCUT2D eigenvalue weighted by Gasteiger charge is -2.04. The molecule has 0 aliphatic carbocycles. The van der Waals surface area contributed by atoms with Crippen LogP contribution in [0.2, 0.25) is 0 Å². The van der Waals surface area contributed by atoms with Crippen LogP contribution in [-0.2, 0) is 6.54 Å². The Bertz CT molecular complexity index is 451. The zero-order valence-corrected chi connectivity index (χ0v) is 10.2. The van der Waals surface area contributed by atoms with E-state index in [-0.39, 0.29) is 0 Å². The molecular weight excluding hydrogens is 214 g/mol. The maximum Gasteiger partial charge on any atom is 0.0889 e. The van der Waals surface area contributed by atoms with Crippen molar-refractivity contribution in [2.45, 2.75) is 19.9 Å². The first-order valence-electron chi connectivity index (χ1n) is 6.09. The molecule has 92 valence electrons. The quantitative estimate of drug-likeness (QED) is 0.695. The smallest absolute Gasteiger partial charge is 0.0889 e. The lowest BCUT2D eigenvalue weighted by atomic mass is 10.3. The highest BCUT2D eigenvalue weighted by Gasteiger charge is 2.02. The fourth-order valence-corrected chi connectivity index (χ4v) is 1.76. The highest BCUT2D eigenvalue weighted by molar-refractivity contribution is 5.51. The molecule has 0 bridgehead atoms. The standard InChI is InChI=1S/C12H19N5/c1-2-13-4-3-5-14-8-11-9-16-17-7-6-15-10-12(11)17/h6-7,9-10,13-14H,2-5,8H2,1H3. The van der Waals surface area contributed by atoms with Gasteiger partial charge < -0.3 is 10.6 Å². The highest BCUT2D eigenvalue weighted by Crippen LogP contribution is 2.07. The Hall–Kier alpha value is -1.46. The molecule has 0 atom stereocenters. The summed E-state index contributed by atoms with van der Waals surface area (Å²) < 4.78 is 1.85. The molecule has 0 saturated carbocycles. The van der Waals surface area contributed by atoms with Gasteiger partial charge in [0, 0.05) is 24.5 Å². The fraction of sp³-hybridized carbons (Fsp3) is 0.500. The molecular formula is C12H19N5. The zero-order valence-electron chi connectivity index (χ0n) is 10.2. The van der Waals surface area contributed by atoms with Gasteiger partial charge in [-0.1, -0.05) is 6.92 Å². The Morgan fingerprint density at radius 2 is 2.12 bits per heavy atom. The molecule has 5 nitrogen and oxygen atoms in total. The minimum absolute atomic E-state index is 0.849. The fourth-order valence-electron chi connectivity index (χ4n) is 1.76. The maximum absolute atomic E-state index is 4.27. The third kappa shape index (κ3) is 3.25. The van der Waals surface area contributed by atoms with Crippen molar-refractivity contribution in [1.82, 2.24) is 25.2 Å². The van der Waals surface area contributed by atoms with Crippen molar-refractivity contribution in [2.24, 2.45) is 0 Å². The Morgan fingerprint density at radius 1 is 1.24 bits per heavy atom. The third-order valence-corrected chi connectivity index (χ3v) is 2.68. The van der Waals surface area contributed by atoms with Crippen LogP contribution in [0.1, 0.15) is 18.9 Å². The Balaban J connectivity index is 1.79. The second-order valence-corrected chi connectivity index (χ2v) is 3.96. The van der Waals surface area contributed by atoms with Gasteiger partial charge in [0.2, 0.25) is 0 Å². The van der Waals surface area contributed by atoms with Gasteiger partial charge in [0.1, 0.15) is 0 Å². The van der Waals surface area contributed by atoms with Crippen molar-refractivity contribution in [3.63, 3.8) is 0 Å². The molecule has 0 spiro atoms. The van der Waals surface area contributed by atoms with E-state index in [1.54, 1.807) is 6.20 Å². The van der Waals surface area contributed by atoms with Gasteiger partial charge >= 0.3 is 0 Å². The van der Waals surface area contributed by atoms with Crippen LogP contribution in [0.5, 0.6) is 0 Å². The minimum atomic E-state index is 0.849. The molecule has 2 N–H and O–H groups in total. The largest absolute Gasteiger partial charge is 0.317 e. The number of hydrogen-bond acceptors (Lipinski definition) is 4.